The SMILES string of the molecule is NCC(c1ccc(F)cc1F)C(O)c1ccc(Cl)s1. The van der Waals surface area contributed by atoms with Crippen LogP contribution in [0, 0.1) is 11.6 Å². The first-order chi connectivity index (χ1) is 9.02. The molecule has 6 heteroatoms. The highest BCUT2D eigenvalue weighted by atomic mass is 35.5. The van der Waals surface area contributed by atoms with E-state index in [-0.39, 0.29) is 12.1 Å². The Morgan fingerprint density at radius 3 is 2.53 bits per heavy atom. The lowest BCUT2D eigenvalue weighted by Crippen LogP contribution is -2.20. The number of hydrogen-bond donors (Lipinski definition) is 2. The number of nitrogens with two attached hydrogens (primary N) is 1. The number of rotatable bonds is 4. The summed E-state index contributed by atoms with van der Waals surface area (Å²) in [6.45, 7) is 0.0409. The third-order valence-electron chi connectivity index (χ3n) is 2.88. The van der Waals surface area contributed by atoms with Crippen LogP contribution in [-0.4, -0.2) is 11.7 Å². The van der Waals surface area contributed by atoms with Crippen molar-refractivity contribution in [3.63, 3.8) is 0 Å². The van der Waals surface area contributed by atoms with E-state index < -0.39 is 23.7 Å². The predicted molar refractivity (Wildman–Crippen MR) is 72.4 cm³/mol. The van der Waals surface area contributed by atoms with E-state index in [9.17, 15) is 13.9 Å². The third-order valence-corrected chi connectivity index (χ3v) is 4.18. The van der Waals surface area contributed by atoms with Crippen molar-refractivity contribution in [2.75, 3.05) is 6.54 Å². The summed E-state index contributed by atoms with van der Waals surface area (Å²) < 4.78 is 27.2. The van der Waals surface area contributed by atoms with Crippen LogP contribution in [0.2, 0.25) is 4.34 Å². The molecular weight excluding hydrogens is 292 g/mol. The highest BCUT2D eigenvalue weighted by Crippen LogP contribution is 2.36. The lowest BCUT2D eigenvalue weighted by molar-refractivity contribution is 0.149. The molecule has 1 aromatic heterocycles. The van der Waals surface area contributed by atoms with Gasteiger partial charge in [0.2, 0.25) is 0 Å². The summed E-state index contributed by atoms with van der Waals surface area (Å²) in [7, 11) is 0. The first kappa shape index (κ1) is 14.4. The second-order valence-electron chi connectivity index (χ2n) is 4.09. The highest BCUT2D eigenvalue weighted by molar-refractivity contribution is 7.16. The minimum Gasteiger partial charge on any atom is -0.387 e. The summed E-state index contributed by atoms with van der Waals surface area (Å²) in [6.07, 6.45) is -0.970. The standard InChI is InChI=1S/C13H12ClF2NOS/c14-12-4-3-11(19-12)13(18)9(6-17)8-2-1-7(15)5-10(8)16/h1-5,9,13,18H,6,17H2. The molecule has 2 rings (SSSR count). The summed E-state index contributed by atoms with van der Waals surface area (Å²) in [5, 5.41) is 10.3. The zero-order valence-electron chi connectivity index (χ0n) is 9.82. The van der Waals surface area contributed by atoms with Gasteiger partial charge in [0.05, 0.1) is 10.4 Å². The van der Waals surface area contributed by atoms with Gasteiger partial charge in [0.1, 0.15) is 11.6 Å². The molecule has 0 bridgehead atoms. The molecule has 2 nitrogen and oxygen atoms in total. The summed E-state index contributed by atoms with van der Waals surface area (Å²) in [4.78, 5) is 0.601. The number of aliphatic hydroxyl groups excluding tert-OH is 1. The predicted octanol–water partition coefficient (Wildman–Crippen LogP) is 3.46. The molecule has 2 aromatic rings. The number of aliphatic hydroxyl groups is 1. The van der Waals surface area contributed by atoms with Crippen molar-refractivity contribution in [1.82, 2.24) is 0 Å². The van der Waals surface area contributed by atoms with E-state index >= 15 is 0 Å². The lowest BCUT2D eigenvalue weighted by atomic mass is 9.92. The van der Waals surface area contributed by atoms with Gasteiger partial charge in [-0.15, -0.1) is 11.3 Å². The van der Waals surface area contributed by atoms with Gasteiger partial charge >= 0.3 is 0 Å². The number of thiophene rings is 1. The van der Waals surface area contributed by atoms with Crippen molar-refractivity contribution in [2.24, 2.45) is 5.73 Å². The normalized spacial score (nSPS) is 14.4. The van der Waals surface area contributed by atoms with Crippen LogP contribution in [0.25, 0.3) is 0 Å². The van der Waals surface area contributed by atoms with E-state index in [0.29, 0.717) is 9.21 Å². The highest BCUT2D eigenvalue weighted by Gasteiger charge is 2.25. The summed E-state index contributed by atoms with van der Waals surface area (Å²) in [6, 6.07) is 6.56. The molecule has 0 spiro atoms. The Bertz CT molecular complexity index is 576. The maximum absolute atomic E-state index is 13.7. The van der Waals surface area contributed by atoms with E-state index in [2.05, 4.69) is 0 Å². The number of benzene rings is 1. The van der Waals surface area contributed by atoms with E-state index in [1.165, 1.54) is 17.4 Å². The van der Waals surface area contributed by atoms with Crippen LogP contribution >= 0.6 is 22.9 Å². The monoisotopic (exact) mass is 303 g/mol. The van der Waals surface area contributed by atoms with Crippen molar-refractivity contribution in [3.8, 4) is 0 Å². The fourth-order valence-electron chi connectivity index (χ4n) is 1.91. The number of halogens is 3. The summed E-state index contributed by atoms with van der Waals surface area (Å²) >= 11 is 7.01. The molecule has 0 fully saturated rings. The Balaban J connectivity index is 2.33. The minimum atomic E-state index is -0.970. The minimum absolute atomic E-state index is 0.0409. The first-order valence-electron chi connectivity index (χ1n) is 5.61. The molecule has 19 heavy (non-hydrogen) atoms. The van der Waals surface area contributed by atoms with Crippen molar-refractivity contribution >= 4 is 22.9 Å². The van der Waals surface area contributed by atoms with Crippen LogP contribution in [0.5, 0.6) is 0 Å². The molecule has 1 aromatic carbocycles. The molecule has 0 amide bonds. The Labute approximate surface area is 118 Å². The Morgan fingerprint density at radius 2 is 2.00 bits per heavy atom. The van der Waals surface area contributed by atoms with Crippen LogP contribution in [-0.2, 0) is 0 Å². The molecule has 0 radical (unpaired) electrons. The van der Waals surface area contributed by atoms with Crippen LogP contribution in [0.3, 0.4) is 0 Å². The Kier molecular flexibility index (Phi) is 4.52. The van der Waals surface area contributed by atoms with Crippen molar-refractivity contribution in [2.45, 2.75) is 12.0 Å². The zero-order chi connectivity index (χ0) is 14.0. The smallest absolute Gasteiger partial charge is 0.129 e. The van der Waals surface area contributed by atoms with E-state index in [4.69, 9.17) is 17.3 Å². The quantitative estimate of drug-likeness (QED) is 0.908. The molecule has 1 heterocycles. The van der Waals surface area contributed by atoms with Crippen LogP contribution in [0.4, 0.5) is 8.78 Å². The average molecular weight is 304 g/mol. The van der Waals surface area contributed by atoms with Gasteiger partial charge in [0, 0.05) is 23.4 Å². The lowest BCUT2D eigenvalue weighted by Gasteiger charge is -2.21. The first-order valence-corrected chi connectivity index (χ1v) is 6.80. The van der Waals surface area contributed by atoms with Gasteiger partial charge in [0.15, 0.2) is 0 Å². The van der Waals surface area contributed by atoms with Gasteiger partial charge in [-0.05, 0) is 23.8 Å². The van der Waals surface area contributed by atoms with Crippen LogP contribution in [0.15, 0.2) is 30.3 Å². The van der Waals surface area contributed by atoms with Crippen LogP contribution in [0.1, 0.15) is 22.5 Å². The molecule has 102 valence electrons. The molecule has 0 aliphatic rings. The van der Waals surface area contributed by atoms with Gasteiger partial charge in [-0.25, -0.2) is 8.78 Å². The topological polar surface area (TPSA) is 46.2 Å². The van der Waals surface area contributed by atoms with E-state index in [1.807, 2.05) is 0 Å². The molecule has 2 atom stereocenters. The fourth-order valence-corrected chi connectivity index (χ4v) is 3.03. The van der Waals surface area contributed by atoms with Gasteiger partial charge in [-0.3, -0.25) is 0 Å². The molecule has 0 aliphatic carbocycles. The zero-order valence-corrected chi connectivity index (χ0v) is 11.4. The summed E-state index contributed by atoms with van der Waals surface area (Å²) in [5.41, 5.74) is 5.80. The van der Waals surface area contributed by atoms with Crippen LogP contribution < -0.4 is 5.73 Å². The summed E-state index contributed by atoms with van der Waals surface area (Å²) in [5.74, 6) is -2.02. The largest absolute Gasteiger partial charge is 0.387 e. The number of hydrogen-bond acceptors (Lipinski definition) is 3. The van der Waals surface area contributed by atoms with Crippen molar-refractivity contribution in [3.05, 3.63) is 56.7 Å². The van der Waals surface area contributed by atoms with Gasteiger partial charge in [-0.2, -0.15) is 0 Å². The van der Waals surface area contributed by atoms with Gasteiger partial charge in [0.25, 0.3) is 0 Å². The third kappa shape index (κ3) is 3.12. The van der Waals surface area contributed by atoms with Gasteiger partial charge < -0.3 is 10.8 Å². The maximum atomic E-state index is 13.7. The maximum Gasteiger partial charge on any atom is 0.129 e. The van der Waals surface area contributed by atoms with Crippen molar-refractivity contribution < 1.29 is 13.9 Å². The fraction of sp³-hybridized carbons (Fsp3) is 0.231. The van der Waals surface area contributed by atoms with Gasteiger partial charge in [-0.1, -0.05) is 17.7 Å². The Morgan fingerprint density at radius 1 is 1.26 bits per heavy atom. The van der Waals surface area contributed by atoms with Crippen molar-refractivity contribution in [1.29, 1.82) is 0 Å². The molecule has 0 saturated carbocycles. The molecule has 0 saturated heterocycles. The molecule has 0 aliphatic heterocycles. The molecule has 2 unspecified atom stereocenters. The average Bonchev–Trinajstić information content (AvgIpc) is 2.79. The second kappa shape index (κ2) is 5.96. The molecule has 3 N–H and O–H groups in total. The van der Waals surface area contributed by atoms with E-state index in [1.54, 1.807) is 12.1 Å². The molecular formula is C13H12ClF2NOS. The second-order valence-corrected chi connectivity index (χ2v) is 5.84. The van der Waals surface area contributed by atoms with E-state index in [0.717, 1.165) is 12.1 Å². The Hall–Kier alpha value is -1.01.